The van der Waals surface area contributed by atoms with Crippen LogP contribution in [-0.4, -0.2) is 33.4 Å². The molecule has 132 valence electrons. The Morgan fingerprint density at radius 3 is 2.44 bits per heavy atom. The minimum atomic E-state index is -1.19. The maximum Gasteiger partial charge on any atom is 0.337 e. The van der Waals surface area contributed by atoms with Gasteiger partial charge in [0.15, 0.2) is 0 Å². The van der Waals surface area contributed by atoms with E-state index in [1.165, 1.54) is 23.2 Å². The predicted octanol–water partition coefficient (Wildman–Crippen LogP) is 3.36. The Morgan fingerprint density at radius 1 is 1.16 bits per heavy atom. The van der Waals surface area contributed by atoms with Gasteiger partial charge in [-0.05, 0) is 18.1 Å². The number of nitrogens with zero attached hydrogens (tertiary/aromatic N) is 2. The maximum atomic E-state index is 13.9. The molecule has 0 aliphatic rings. The van der Waals surface area contributed by atoms with Crippen LogP contribution >= 0.6 is 0 Å². The number of carboxylic acid groups (broad SMARTS) is 1. The standard InChI is InChI=1S/C18H18F2N2O3/c1-11(2)9-22(10-12-3-4-15(19)6-16(12)20)17(23)13-5-14(18(24)25)8-21-7-13/h3-8,11H,9-10H2,1-2H3,(H,24,25). The molecule has 0 spiro atoms. The number of aromatic carboxylic acids is 1. The third-order valence-corrected chi connectivity index (χ3v) is 3.48. The molecule has 0 bridgehead atoms. The number of carbonyl (C=O) groups is 2. The molecular formula is C18H18F2N2O3. The summed E-state index contributed by atoms with van der Waals surface area (Å²) in [7, 11) is 0. The van der Waals surface area contributed by atoms with Crippen LogP contribution in [0.15, 0.2) is 36.7 Å². The van der Waals surface area contributed by atoms with Gasteiger partial charge in [0.2, 0.25) is 0 Å². The quantitative estimate of drug-likeness (QED) is 0.869. The zero-order valence-electron chi connectivity index (χ0n) is 13.9. The van der Waals surface area contributed by atoms with Crippen molar-refractivity contribution < 1.29 is 23.5 Å². The summed E-state index contributed by atoms with van der Waals surface area (Å²) < 4.78 is 27.0. The summed E-state index contributed by atoms with van der Waals surface area (Å²) in [6, 6.07) is 4.41. The summed E-state index contributed by atoms with van der Waals surface area (Å²) >= 11 is 0. The van der Waals surface area contributed by atoms with Gasteiger partial charge in [0, 0.05) is 37.1 Å². The largest absolute Gasteiger partial charge is 0.478 e. The van der Waals surface area contributed by atoms with Gasteiger partial charge in [0.05, 0.1) is 11.1 Å². The van der Waals surface area contributed by atoms with Gasteiger partial charge >= 0.3 is 5.97 Å². The number of pyridine rings is 1. The Kier molecular flexibility index (Phi) is 5.80. The van der Waals surface area contributed by atoms with Crippen molar-refractivity contribution in [3.05, 3.63) is 65.0 Å². The minimum absolute atomic E-state index is 0.0551. The van der Waals surface area contributed by atoms with E-state index in [-0.39, 0.29) is 29.2 Å². The van der Waals surface area contributed by atoms with Gasteiger partial charge in [-0.3, -0.25) is 9.78 Å². The molecule has 0 saturated carbocycles. The lowest BCUT2D eigenvalue weighted by molar-refractivity contribution is 0.0696. The molecule has 1 N–H and O–H groups in total. The number of carbonyl (C=O) groups excluding carboxylic acids is 1. The molecule has 0 fully saturated rings. The van der Waals surface area contributed by atoms with Gasteiger partial charge in [-0.1, -0.05) is 19.9 Å². The third-order valence-electron chi connectivity index (χ3n) is 3.48. The summed E-state index contributed by atoms with van der Waals surface area (Å²) in [5, 5.41) is 9.02. The molecule has 2 aromatic rings. The summed E-state index contributed by atoms with van der Waals surface area (Å²) in [4.78, 5) is 28.9. The predicted molar refractivity (Wildman–Crippen MR) is 87.1 cm³/mol. The van der Waals surface area contributed by atoms with Crippen LogP contribution in [-0.2, 0) is 6.54 Å². The van der Waals surface area contributed by atoms with Crippen LogP contribution in [0.4, 0.5) is 8.78 Å². The molecule has 0 aliphatic heterocycles. The van der Waals surface area contributed by atoms with E-state index in [9.17, 15) is 18.4 Å². The van der Waals surface area contributed by atoms with E-state index >= 15 is 0 Å². The van der Waals surface area contributed by atoms with Gasteiger partial charge in [0.1, 0.15) is 11.6 Å². The molecule has 0 unspecified atom stereocenters. The zero-order valence-corrected chi connectivity index (χ0v) is 13.9. The highest BCUT2D eigenvalue weighted by Crippen LogP contribution is 2.16. The molecular weight excluding hydrogens is 330 g/mol. The zero-order chi connectivity index (χ0) is 18.6. The SMILES string of the molecule is CC(C)CN(Cc1ccc(F)cc1F)C(=O)c1cncc(C(=O)O)c1. The number of aromatic nitrogens is 1. The van der Waals surface area contributed by atoms with E-state index in [1.807, 2.05) is 13.8 Å². The Labute approximate surface area is 143 Å². The minimum Gasteiger partial charge on any atom is -0.478 e. The number of rotatable bonds is 6. The molecule has 25 heavy (non-hydrogen) atoms. The van der Waals surface area contributed by atoms with Crippen molar-refractivity contribution in [3.8, 4) is 0 Å². The van der Waals surface area contributed by atoms with Gasteiger partial charge in [-0.2, -0.15) is 0 Å². The van der Waals surface area contributed by atoms with Crippen LogP contribution in [0.1, 0.15) is 40.1 Å². The monoisotopic (exact) mass is 348 g/mol. The highest BCUT2D eigenvalue weighted by atomic mass is 19.1. The molecule has 1 aromatic carbocycles. The summed E-state index contributed by atoms with van der Waals surface area (Å²) in [5.74, 6) is -2.99. The molecule has 2 rings (SSSR count). The van der Waals surface area contributed by atoms with Crippen LogP contribution in [0, 0.1) is 17.6 Å². The van der Waals surface area contributed by atoms with Crippen molar-refractivity contribution in [3.63, 3.8) is 0 Å². The summed E-state index contributed by atoms with van der Waals surface area (Å²) in [6.07, 6.45) is 2.41. The van der Waals surface area contributed by atoms with Crippen molar-refractivity contribution in [2.24, 2.45) is 5.92 Å². The molecule has 1 aromatic heterocycles. The van der Waals surface area contributed by atoms with Crippen molar-refractivity contribution >= 4 is 11.9 Å². The van der Waals surface area contributed by atoms with Crippen LogP contribution in [0.5, 0.6) is 0 Å². The molecule has 7 heteroatoms. The molecule has 0 atom stereocenters. The van der Waals surface area contributed by atoms with Crippen LogP contribution in [0.25, 0.3) is 0 Å². The van der Waals surface area contributed by atoms with Crippen molar-refractivity contribution in [2.75, 3.05) is 6.54 Å². The van der Waals surface area contributed by atoms with Crippen LogP contribution in [0.2, 0.25) is 0 Å². The first-order valence-corrected chi connectivity index (χ1v) is 7.69. The molecule has 0 aliphatic carbocycles. The molecule has 0 radical (unpaired) electrons. The number of carboxylic acids is 1. The van der Waals surface area contributed by atoms with E-state index < -0.39 is 23.5 Å². The Morgan fingerprint density at radius 2 is 1.84 bits per heavy atom. The fourth-order valence-corrected chi connectivity index (χ4v) is 2.37. The smallest absolute Gasteiger partial charge is 0.337 e. The van der Waals surface area contributed by atoms with E-state index in [2.05, 4.69) is 4.98 Å². The second-order valence-corrected chi connectivity index (χ2v) is 6.08. The summed E-state index contributed by atoms with van der Waals surface area (Å²) in [6.45, 7) is 4.06. The fraction of sp³-hybridized carbons (Fsp3) is 0.278. The number of hydrogen-bond donors (Lipinski definition) is 1. The van der Waals surface area contributed by atoms with Gasteiger partial charge in [0.25, 0.3) is 5.91 Å². The number of halogens is 2. The molecule has 1 heterocycles. The van der Waals surface area contributed by atoms with E-state index in [0.29, 0.717) is 6.54 Å². The lowest BCUT2D eigenvalue weighted by atomic mass is 10.1. The average molecular weight is 348 g/mol. The Hall–Kier alpha value is -2.83. The second kappa shape index (κ2) is 7.83. The number of hydrogen-bond acceptors (Lipinski definition) is 3. The average Bonchev–Trinajstić information content (AvgIpc) is 2.55. The van der Waals surface area contributed by atoms with Crippen LogP contribution < -0.4 is 0 Å². The van der Waals surface area contributed by atoms with Crippen molar-refractivity contribution in [2.45, 2.75) is 20.4 Å². The van der Waals surface area contributed by atoms with E-state index in [0.717, 1.165) is 18.3 Å². The van der Waals surface area contributed by atoms with Gasteiger partial charge in [-0.25, -0.2) is 13.6 Å². The number of amides is 1. The van der Waals surface area contributed by atoms with Gasteiger partial charge < -0.3 is 10.0 Å². The van der Waals surface area contributed by atoms with Crippen molar-refractivity contribution in [1.29, 1.82) is 0 Å². The lowest BCUT2D eigenvalue weighted by Gasteiger charge is -2.25. The number of benzene rings is 1. The fourth-order valence-electron chi connectivity index (χ4n) is 2.37. The Balaban J connectivity index is 2.31. The third kappa shape index (κ3) is 4.82. The maximum absolute atomic E-state index is 13.9. The molecule has 5 nitrogen and oxygen atoms in total. The first kappa shape index (κ1) is 18.5. The van der Waals surface area contributed by atoms with E-state index in [1.54, 1.807) is 0 Å². The second-order valence-electron chi connectivity index (χ2n) is 6.08. The highest BCUT2D eigenvalue weighted by molar-refractivity contribution is 5.97. The first-order chi connectivity index (χ1) is 11.8. The topological polar surface area (TPSA) is 70.5 Å². The lowest BCUT2D eigenvalue weighted by Crippen LogP contribution is -2.34. The first-order valence-electron chi connectivity index (χ1n) is 7.69. The van der Waals surface area contributed by atoms with Crippen LogP contribution in [0.3, 0.4) is 0 Å². The Bertz CT molecular complexity index is 794. The molecule has 1 amide bonds. The van der Waals surface area contributed by atoms with Gasteiger partial charge in [-0.15, -0.1) is 0 Å². The molecule has 0 saturated heterocycles. The normalized spacial score (nSPS) is 10.8. The highest BCUT2D eigenvalue weighted by Gasteiger charge is 2.20. The summed E-state index contributed by atoms with van der Waals surface area (Å²) in [5.41, 5.74) is 0.170. The van der Waals surface area contributed by atoms with Crippen molar-refractivity contribution in [1.82, 2.24) is 9.88 Å². The van der Waals surface area contributed by atoms with E-state index in [4.69, 9.17) is 5.11 Å².